The molecule has 0 bridgehead atoms. The van der Waals surface area contributed by atoms with Gasteiger partial charge in [-0.3, -0.25) is 0 Å². The van der Waals surface area contributed by atoms with Crippen molar-refractivity contribution in [2.75, 3.05) is 13.7 Å². The summed E-state index contributed by atoms with van der Waals surface area (Å²) in [6, 6.07) is 2.72. The van der Waals surface area contributed by atoms with Crippen LogP contribution in [-0.4, -0.2) is 47.6 Å². The Morgan fingerprint density at radius 2 is 1.96 bits per heavy atom. The molecule has 0 aliphatic rings. The molecule has 1 amide bonds. The van der Waals surface area contributed by atoms with Crippen LogP contribution in [0, 0.1) is 0 Å². The molecule has 8 nitrogen and oxygen atoms in total. The minimum absolute atomic E-state index is 0.0372. The topological polar surface area (TPSA) is 118 Å². The van der Waals surface area contributed by atoms with Crippen LogP contribution < -0.4 is 5.32 Å². The number of aliphatic hydroxyl groups is 2. The first kappa shape index (κ1) is 19.0. The Kier molecular flexibility index (Phi) is 6.59. The first-order valence-corrected chi connectivity index (χ1v) is 7.15. The summed E-state index contributed by atoms with van der Waals surface area (Å²) < 4.78 is 14.6. The molecule has 1 heterocycles. The van der Waals surface area contributed by atoms with Crippen LogP contribution >= 0.6 is 0 Å². The summed E-state index contributed by atoms with van der Waals surface area (Å²) in [4.78, 5) is 22.7. The number of hydrogen-bond donors (Lipinski definition) is 3. The highest BCUT2D eigenvalue weighted by molar-refractivity contribution is 5.86. The minimum Gasteiger partial charge on any atom is -0.463 e. The lowest BCUT2D eigenvalue weighted by atomic mass is 10.1. The van der Waals surface area contributed by atoms with Gasteiger partial charge < -0.3 is 29.4 Å². The van der Waals surface area contributed by atoms with Crippen LogP contribution in [0.2, 0.25) is 0 Å². The lowest BCUT2D eigenvalue weighted by Crippen LogP contribution is -2.34. The SMILES string of the molecule is COC(=O)c1ccc(C(O)C(O)CCNC(=O)OC(C)(C)C)o1. The molecule has 0 spiro atoms. The summed E-state index contributed by atoms with van der Waals surface area (Å²) in [6.07, 6.45) is -3.03. The Hall–Kier alpha value is -2.06. The van der Waals surface area contributed by atoms with E-state index in [1.807, 2.05) is 0 Å². The molecule has 1 rings (SSSR count). The van der Waals surface area contributed by atoms with Gasteiger partial charge in [-0.15, -0.1) is 0 Å². The van der Waals surface area contributed by atoms with Gasteiger partial charge >= 0.3 is 12.1 Å². The number of hydrogen-bond acceptors (Lipinski definition) is 7. The summed E-state index contributed by atoms with van der Waals surface area (Å²) in [5, 5.41) is 22.3. The standard InChI is InChI=1S/C15H23NO7/c1-15(2,3)23-14(20)16-8-7-9(17)12(18)10-5-6-11(22-10)13(19)21-4/h5-6,9,12,17-18H,7-8H2,1-4H3,(H,16,20). The molecule has 3 N–H and O–H groups in total. The monoisotopic (exact) mass is 329 g/mol. The fourth-order valence-corrected chi connectivity index (χ4v) is 1.71. The molecule has 23 heavy (non-hydrogen) atoms. The number of aliphatic hydroxyl groups excluding tert-OH is 2. The highest BCUT2D eigenvalue weighted by Crippen LogP contribution is 2.21. The van der Waals surface area contributed by atoms with Crippen LogP contribution in [0.15, 0.2) is 16.5 Å². The summed E-state index contributed by atoms with van der Waals surface area (Å²) in [6.45, 7) is 5.32. The Morgan fingerprint density at radius 3 is 2.52 bits per heavy atom. The predicted molar refractivity (Wildman–Crippen MR) is 79.9 cm³/mol. The fraction of sp³-hybridized carbons (Fsp3) is 0.600. The van der Waals surface area contributed by atoms with Gasteiger partial charge in [0.15, 0.2) is 0 Å². The smallest absolute Gasteiger partial charge is 0.407 e. The molecule has 8 heteroatoms. The third-order valence-electron chi connectivity index (χ3n) is 2.78. The second-order valence-corrected chi connectivity index (χ2v) is 5.92. The molecule has 130 valence electrons. The van der Waals surface area contributed by atoms with E-state index in [2.05, 4.69) is 10.1 Å². The maximum atomic E-state index is 11.4. The largest absolute Gasteiger partial charge is 0.463 e. The number of carbonyl (C=O) groups excluding carboxylic acids is 2. The number of carbonyl (C=O) groups is 2. The van der Waals surface area contributed by atoms with Gasteiger partial charge in [0, 0.05) is 6.54 Å². The van der Waals surface area contributed by atoms with Crippen LogP contribution in [0.3, 0.4) is 0 Å². The molecule has 0 aliphatic carbocycles. The lowest BCUT2D eigenvalue weighted by molar-refractivity contribution is -0.000652. The average Bonchev–Trinajstić information content (AvgIpc) is 2.93. The van der Waals surface area contributed by atoms with E-state index in [9.17, 15) is 19.8 Å². The second kappa shape index (κ2) is 7.98. The number of methoxy groups -OCH3 is 1. The van der Waals surface area contributed by atoms with E-state index in [0.717, 1.165) is 0 Å². The minimum atomic E-state index is -1.33. The molecule has 1 aromatic rings. The summed E-state index contributed by atoms with van der Waals surface area (Å²) in [5.74, 6) is -0.708. The Balaban J connectivity index is 2.45. The summed E-state index contributed by atoms with van der Waals surface area (Å²) in [7, 11) is 1.21. The van der Waals surface area contributed by atoms with Crippen molar-refractivity contribution in [1.82, 2.24) is 5.32 Å². The highest BCUT2D eigenvalue weighted by Gasteiger charge is 2.24. The summed E-state index contributed by atoms with van der Waals surface area (Å²) >= 11 is 0. The maximum Gasteiger partial charge on any atom is 0.407 e. The number of alkyl carbamates (subject to hydrolysis) is 1. The van der Waals surface area contributed by atoms with Crippen molar-refractivity contribution in [3.05, 3.63) is 23.7 Å². The molecule has 2 unspecified atom stereocenters. The molecule has 2 atom stereocenters. The van der Waals surface area contributed by atoms with Crippen LogP contribution in [0.5, 0.6) is 0 Å². The zero-order valence-corrected chi connectivity index (χ0v) is 13.7. The lowest BCUT2D eigenvalue weighted by Gasteiger charge is -2.20. The Labute approximate surface area is 134 Å². The van der Waals surface area contributed by atoms with Crippen LogP contribution in [0.1, 0.15) is 49.6 Å². The highest BCUT2D eigenvalue weighted by atomic mass is 16.6. The number of esters is 1. The van der Waals surface area contributed by atoms with Crippen molar-refractivity contribution < 1.29 is 33.7 Å². The van der Waals surface area contributed by atoms with Crippen molar-refractivity contribution in [1.29, 1.82) is 0 Å². The van der Waals surface area contributed by atoms with Gasteiger partial charge in [-0.25, -0.2) is 9.59 Å². The predicted octanol–water partition coefficient (Wildman–Crippen LogP) is 1.38. The van der Waals surface area contributed by atoms with Gasteiger partial charge in [-0.05, 0) is 39.3 Å². The number of furan rings is 1. The van der Waals surface area contributed by atoms with Gasteiger partial charge in [0.1, 0.15) is 17.5 Å². The van der Waals surface area contributed by atoms with Gasteiger partial charge in [0.05, 0.1) is 13.2 Å². The molecule has 1 aromatic heterocycles. The van der Waals surface area contributed by atoms with Gasteiger partial charge in [-0.1, -0.05) is 0 Å². The number of ether oxygens (including phenoxy) is 2. The first-order chi connectivity index (χ1) is 10.6. The number of amides is 1. The van der Waals surface area contributed by atoms with Crippen molar-refractivity contribution in [2.24, 2.45) is 0 Å². The van der Waals surface area contributed by atoms with E-state index in [1.54, 1.807) is 20.8 Å². The summed E-state index contributed by atoms with van der Waals surface area (Å²) in [5.41, 5.74) is -0.610. The van der Waals surface area contributed by atoms with Crippen LogP contribution in [0.25, 0.3) is 0 Å². The molecule has 0 saturated heterocycles. The molecule has 0 fully saturated rings. The van der Waals surface area contributed by atoms with Crippen molar-refractivity contribution >= 4 is 12.1 Å². The zero-order valence-electron chi connectivity index (χ0n) is 13.7. The Morgan fingerprint density at radius 1 is 1.30 bits per heavy atom. The first-order valence-electron chi connectivity index (χ1n) is 7.15. The van der Waals surface area contributed by atoms with Crippen LogP contribution in [0.4, 0.5) is 4.79 Å². The van der Waals surface area contributed by atoms with E-state index in [0.29, 0.717) is 0 Å². The van der Waals surface area contributed by atoms with E-state index < -0.39 is 29.9 Å². The van der Waals surface area contributed by atoms with E-state index in [-0.39, 0.29) is 24.5 Å². The second-order valence-electron chi connectivity index (χ2n) is 5.92. The molecule has 0 aliphatic heterocycles. The van der Waals surface area contributed by atoms with E-state index in [4.69, 9.17) is 9.15 Å². The zero-order chi connectivity index (χ0) is 17.6. The van der Waals surface area contributed by atoms with Gasteiger partial charge in [0.25, 0.3) is 0 Å². The maximum absolute atomic E-state index is 11.4. The molecular weight excluding hydrogens is 306 g/mol. The average molecular weight is 329 g/mol. The van der Waals surface area contributed by atoms with Gasteiger partial charge in [-0.2, -0.15) is 0 Å². The van der Waals surface area contributed by atoms with Crippen molar-refractivity contribution in [2.45, 2.75) is 45.0 Å². The van der Waals surface area contributed by atoms with E-state index >= 15 is 0 Å². The van der Waals surface area contributed by atoms with Crippen molar-refractivity contribution in [3.8, 4) is 0 Å². The number of nitrogens with one attached hydrogen (secondary N) is 1. The number of rotatable bonds is 6. The third kappa shape index (κ3) is 6.29. The molecular formula is C15H23NO7. The molecule has 0 saturated carbocycles. The Bertz CT molecular complexity index is 532. The van der Waals surface area contributed by atoms with Crippen LogP contribution in [-0.2, 0) is 9.47 Å². The van der Waals surface area contributed by atoms with Gasteiger partial charge in [0.2, 0.25) is 5.76 Å². The van der Waals surface area contributed by atoms with E-state index in [1.165, 1.54) is 19.2 Å². The quantitative estimate of drug-likeness (QED) is 0.675. The fourth-order valence-electron chi connectivity index (χ4n) is 1.71. The molecule has 0 radical (unpaired) electrons. The molecule has 0 aromatic carbocycles. The third-order valence-corrected chi connectivity index (χ3v) is 2.78. The van der Waals surface area contributed by atoms with Crippen molar-refractivity contribution in [3.63, 3.8) is 0 Å². The normalized spacial score (nSPS) is 14.0.